The monoisotopic (exact) mass is 469 g/mol. The molecule has 12 heteroatoms. The standard InChI is InChI=1S/C21H23N7O4S/c1-11(29)23-13-5-4-6-14(9-13)28-18(12-7-8-12)24-25-20(28)33-10-15(30)16-17(22)26(2)21(32)27(3)19(16)31/h4-6,9,12H,7-8,10,22H2,1-3H3,(H,23,29). The van der Waals surface area contributed by atoms with Gasteiger partial charge >= 0.3 is 5.69 Å². The third-order valence-corrected chi connectivity index (χ3v) is 6.28. The van der Waals surface area contributed by atoms with Crippen molar-refractivity contribution in [2.45, 2.75) is 30.8 Å². The van der Waals surface area contributed by atoms with Crippen LogP contribution in [0.4, 0.5) is 11.5 Å². The van der Waals surface area contributed by atoms with E-state index in [9.17, 15) is 19.2 Å². The lowest BCUT2D eigenvalue weighted by molar-refractivity contribution is -0.114. The predicted octanol–water partition coefficient (Wildman–Crippen LogP) is 1.06. The Labute approximate surface area is 192 Å². The minimum absolute atomic E-state index is 0.119. The molecule has 172 valence electrons. The number of amides is 1. The van der Waals surface area contributed by atoms with E-state index in [2.05, 4.69) is 15.5 Å². The van der Waals surface area contributed by atoms with Gasteiger partial charge in [-0.15, -0.1) is 10.2 Å². The number of anilines is 2. The number of hydrogen-bond donors (Lipinski definition) is 2. The summed E-state index contributed by atoms with van der Waals surface area (Å²) in [5, 5.41) is 11.8. The molecule has 0 aliphatic heterocycles. The molecule has 0 unspecified atom stereocenters. The molecule has 0 saturated heterocycles. The minimum atomic E-state index is -0.732. The Hall–Kier alpha value is -3.67. The number of carbonyl (C=O) groups is 2. The molecule has 1 fully saturated rings. The lowest BCUT2D eigenvalue weighted by atomic mass is 10.2. The molecule has 2 aromatic heterocycles. The van der Waals surface area contributed by atoms with Gasteiger partial charge in [0.25, 0.3) is 5.56 Å². The van der Waals surface area contributed by atoms with Crippen molar-refractivity contribution >= 4 is 35.0 Å². The molecule has 0 atom stereocenters. The van der Waals surface area contributed by atoms with Gasteiger partial charge in [-0.05, 0) is 31.0 Å². The van der Waals surface area contributed by atoms with Crippen LogP contribution in [-0.2, 0) is 18.9 Å². The maximum absolute atomic E-state index is 12.9. The first kappa shape index (κ1) is 22.5. The number of nitrogen functional groups attached to an aromatic ring is 1. The molecule has 1 aliphatic rings. The van der Waals surface area contributed by atoms with E-state index in [0.29, 0.717) is 10.8 Å². The highest BCUT2D eigenvalue weighted by Gasteiger charge is 2.31. The summed E-state index contributed by atoms with van der Waals surface area (Å²) >= 11 is 1.13. The van der Waals surface area contributed by atoms with E-state index in [1.807, 2.05) is 22.8 Å². The van der Waals surface area contributed by atoms with E-state index >= 15 is 0 Å². The number of aromatic nitrogens is 5. The van der Waals surface area contributed by atoms with Gasteiger partial charge in [0.1, 0.15) is 17.2 Å². The number of nitrogens with zero attached hydrogens (tertiary/aromatic N) is 5. The number of Topliss-reactive ketones (excluding diaryl/α,β-unsaturated/α-hetero) is 1. The fraction of sp³-hybridized carbons (Fsp3) is 0.333. The number of hydrogen-bond acceptors (Lipinski definition) is 8. The van der Waals surface area contributed by atoms with Crippen LogP contribution in [0.1, 0.15) is 41.9 Å². The van der Waals surface area contributed by atoms with Gasteiger partial charge in [-0.25, -0.2) is 4.79 Å². The van der Waals surface area contributed by atoms with Crippen molar-refractivity contribution in [3.8, 4) is 5.69 Å². The Kier molecular flexibility index (Phi) is 5.93. The molecule has 1 aliphatic carbocycles. The Morgan fingerprint density at radius 3 is 2.58 bits per heavy atom. The van der Waals surface area contributed by atoms with Crippen molar-refractivity contribution in [1.82, 2.24) is 23.9 Å². The van der Waals surface area contributed by atoms with Gasteiger partial charge in [0.2, 0.25) is 5.91 Å². The van der Waals surface area contributed by atoms with Gasteiger partial charge < -0.3 is 11.1 Å². The maximum Gasteiger partial charge on any atom is 0.332 e. The van der Waals surface area contributed by atoms with Crippen LogP contribution < -0.4 is 22.3 Å². The van der Waals surface area contributed by atoms with Crippen molar-refractivity contribution in [3.05, 3.63) is 56.5 Å². The summed E-state index contributed by atoms with van der Waals surface area (Å²) in [4.78, 5) is 48.9. The van der Waals surface area contributed by atoms with Crippen molar-refractivity contribution < 1.29 is 9.59 Å². The van der Waals surface area contributed by atoms with Crippen LogP contribution in [0.25, 0.3) is 5.69 Å². The normalized spacial score (nSPS) is 13.2. The fourth-order valence-electron chi connectivity index (χ4n) is 3.47. The minimum Gasteiger partial charge on any atom is -0.384 e. The Bertz CT molecular complexity index is 1380. The Morgan fingerprint density at radius 1 is 1.18 bits per heavy atom. The Morgan fingerprint density at radius 2 is 1.91 bits per heavy atom. The quantitative estimate of drug-likeness (QED) is 0.386. The Balaban J connectivity index is 1.66. The van der Waals surface area contributed by atoms with Gasteiger partial charge in [0, 0.05) is 32.6 Å². The van der Waals surface area contributed by atoms with Crippen LogP contribution >= 0.6 is 11.8 Å². The second-order valence-electron chi connectivity index (χ2n) is 7.86. The number of thioether (sulfide) groups is 1. The third-order valence-electron chi connectivity index (χ3n) is 5.35. The second kappa shape index (κ2) is 8.70. The van der Waals surface area contributed by atoms with Crippen molar-refractivity contribution in [2.75, 3.05) is 16.8 Å². The molecular formula is C21H23N7O4S. The van der Waals surface area contributed by atoms with Crippen LogP contribution in [-0.4, -0.2) is 41.3 Å². The lowest BCUT2D eigenvalue weighted by Crippen LogP contribution is -2.41. The van der Waals surface area contributed by atoms with Crippen LogP contribution in [0.3, 0.4) is 0 Å². The summed E-state index contributed by atoms with van der Waals surface area (Å²) < 4.78 is 3.79. The smallest absolute Gasteiger partial charge is 0.332 e. The number of nitrogens with two attached hydrogens (primary N) is 1. The van der Waals surface area contributed by atoms with Gasteiger partial charge in [0.15, 0.2) is 10.9 Å². The van der Waals surface area contributed by atoms with Gasteiger partial charge in [-0.2, -0.15) is 0 Å². The van der Waals surface area contributed by atoms with Gasteiger partial charge in [-0.1, -0.05) is 17.8 Å². The molecule has 1 amide bonds. The van der Waals surface area contributed by atoms with Crippen LogP contribution in [0.15, 0.2) is 39.0 Å². The molecule has 0 bridgehead atoms. The van der Waals surface area contributed by atoms with Gasteiger partial charge in [0.05, 0.1) is 11.4 Å². The van der Waals surface area contributed by atoms with Crippen LogP contribution in [0.2, 0.25) is 0 Å². The average Bonchev–Trinajstić information content (AvgIpc) is 3.54. The molecule has 11 nitrogen and oxygen atoms in total. The average molecular weight is 470 g/mol. The molecule has 3 aromatic rings. The zero-order valence-electron chi connectivity index (χ0n) is 18.4. The largest absolute Gasteiger partial charge is 0.384 e. The molecule has 1 saturated carbocycles. The lowest BCUT2D eigenvalue weighted by Gasteiger charge is -2.12. The molecule has 0 radical (unpaired) electrons. The van der Waals surface area contributed by atoms with Crippen LogP contribution in [0, 0.1) is 0 Å². The summed E-state index contributed by atoms with van der Waals surface area (Å²) in [6.07, 6.45) is 2.00. The SMILES string of the molecule is CC(=O)Nc1cccc(-n2c(SCC(=O)c3c(N)n(C)c(=O)n(C)c3=O)nnc2C2CC2)c1. The number of benzene rings is 1. The molecule has 33 heavy (non-hydrogen) atoms. The zero-order valence-corrected chi connectivity index (χ0v) is 19.2. The second-order valence-corrected chi connectivity index (χ2v) is 8.80. The highest BCUT2D eigenvalue weighted by molar-refractivity contribution is 7.99. The van der Waals surface area contributed by atoms with Gasteiger partial charge in [-0.3, -0.25) is 28.1 Å². The molecule has 3 N–H and O–H groups in total. The molecule has 4 rings (SSSR count). The van der Waals surface area contributed by atoms with E-state index in [1.54, 1.807) is 6.07 Å². The summed E-state index contributed by atoms with van der Waals surface area (Å²) in [6.45, 7) is 1.43. The predicted molar refractivity (Wildman–Crippen MR) is 124 cm³/mol. The van der Waals surface area contributed by atoms with Crippen molar-refractivity contribution in [3.63, 3.8) is 0 Å². The number of nitrogens with one attached hydrogen (secondary N) is 1. The first-order valence-corrected chi connectivity index (χ1v) is 11.2. The highest BCUT2D eigenvalue weighted by atomic mass is 32.2. The topological polar surface area (TPSA) is 147 Å². The zero-order chi connectivity index (χ0) is 23.9. The highest BCUT2D eigenvalue weighted by Crippen LogP contribution is 2.41. The summed E-state index contributed by atoms with van der Waals surface area (Å²) in [5.74, 6) is 0.0716. The number of ketones is 1. The third kappa shape index (κ3) is 4.33. The van der Waals surface area contributed by atoms with Crippen molar-refractivity contribution in [2.24, 2.45) is 14.1 Å². The first-order valence-electron chi connectivity index (χ1n) is 10.2. The molecule has 0 spiro atoms. The van der Waals surface area contributed by atoms with E-state index < -0.39 is 17.0 Å². The van der Waals surface area contributed by atoms with Crippen LogP contribution in [0.5, 0.6) is 0 Å². The molecular weight excluding hydrogens is 446 g/mol. The summed E-state index contributed by atoms with van der Waals surface area (Å²) in [5.41, 5.74) is 5.72. The van der Waals surface area contributed by atoms with Crippen molar-refractivity contribution in [1.29, 1.82) is 0 Å². The first-order chi connectivity index (χ1) is 15.7. The van der Waals surface area contributed by atoms with E-state index in [-0.39, 0.29) is 29.0 Å². The fourth-order valence-corrected chi connectivity index (χ4v) is 4.30. The van der Waals surface area contributed by atoms with E-state index in [1.165, 1.54) is 21.0 Å². The van der Waals surface area contributed by atoms with E-state index in [4.69, 9.17) is 5.73 Å². The number of carbonyl (C=O) groups excluding carboxylic acids is 2. The summed E-state index contributed by atoms with van der Waals surface area (Å²) in [7, 11) is 2.70. The molecule has 2 heterocycles. The number of rotatable bonds is 7. The van der Waals surface area contributed by atoms with E-state index in [0.717, 1.165) is 45.2 Å². The summed E-state index contributed by atoms with van der Waals surface area (Å²) in [6, 6.07) is 7.27. The maximum atomic E-state index is 12.9. The molecule has 1 aromatic carbocycles.